The zero-order valence-electron chi connectivity index (χ0n) is 28.0. The van der Waals surface area contributed by atoms with E-state index in [-0.39, 0.29) is 49.3 Å². The van der Waals surface area contributed by atoms with E-state index in [1.165, 1.54) is 24.5 Å². The van der Waals surface area contributed by atoms with Crippen molar-refractivity contribution in [2.75, 3.05) is 24.6 Å². The van der Waals surface area contributed by atoms with Crippen LogP contribution in [0.25, 0.3) is 0 Å². The van der Waals surface area contributed by atoms with E-state index in [0.29, 0.717) is 43.2 Å². The summed E-state index contributed by atoms with van der Waals surface area (Å²) < 4.78 is 25.7. The van der Waals surface area contributed by atoms with Crippen molar-refractivity contribution >= 4 is 59.8 Å². The predicted molar refractivity (Wildman–Crippen MR) is 181 cm³/mol. The van der Waals surface area contributed by atoms with Crippen LogP contribution in [0.1, 0.15) is 57.1 Å². The number of hydrogen-bond acceptors (Lipinski definition) is 12. The summed E-state index contributed by atoms with van der Waals surface area (Å²) in [7, 11) is 0. The van der Waals surface area contributed by atoms with E-state index in [1.807, 2.05) is 0 Å². The highest BCUT2D eigenvalue weighted by Gasteiger charge is 2.09. The molecule has 0 saturated carbocycles. The van der Waals surface area contributed by atoms with Crippen LogP contribution < -0.4 is 21.3 Å². The van der Waals surface area contributed by atoms with Gasteiger partial charge in [-0.2, -0.15) is 51.5 Å². The van der Waals surface area contributed by atoms with E-state index in [1.54, 1.807) is 49.5 Å². The van der Waals surface area contributed by atoms with Gasteiger partial charge in [0.05, 0.1) is 0 Å². The molecule has 2 unspecified atom stereocenters. The lowest BCUT2D eigenvalue weighted by Crippen LogP contribution is -2.41. The van der Waals surface area contributed by atoms with Gasteiger partial charge in [-0.25, -0.2) is 19.6 Å². The number of aliphatic carboxylic acids is 2. The second-order valence-corrected chi connectivity index (χ2v) is 12.3. The Morgan fingerprint density at radius 1 is 0.725 bits per heavy atom. The van der Waals surface area contributed by atoms with Crippen LogP contribution >= 0.6 is 23.5 Å². The highest BCUT2D eigenvalue weighted by atomic mass is 32.2. The van der Waals surface area contributed by atoms with Crippen molar-refractivity contribution < 1.29 is 57.4 Å². The lowest BCUT2D eigenvalue weighted by atomic mass is 10.2. The summed E-state index contributed by atoms with van der Waals surface area (Å²) in [5, 5.41) is 27.9. The number of hydrogen-bond donors (Lipinski definition) is 6. The van der Waals surface area contributed by atoms with Gasteiger partial charge in [0, 0.05) is 67.7 Å². The first-order valence-corrected chi connectivity index (χ1v) is 17.5. The van der Waals surface area contributed by atoms with Crippen LogP contribution in [0.4, 0.5) is 18.4 Å². The summed E-state index contributed by atoms with van der Waals surface area (Å²) in [5.74, 6) is 0.183. The van der Waals surface area contributed by atoms with Crippen molar-refractivity contribution in [3.8, 4) is 0 Å². The van der Waals surface area contributed by atoms with Crippen molar-refractivity contribution in [2.45, 2.75) is 69.5 Å². The molecule has 6 N–H and O–H groups in total. The number of aromatic nitrogens is 2. The molecule has 0 aliphatic carbocycles. The fourth-order valence-electron chi connectivity index (χ4n) is 3.43. The van der Waals surface area contributed by atoms with E-state index in [0.717, 1.165) is 23.3 Å². The summed E-state index contributed by atoms with van der Waals surface area (Å²) >= 11 is 3.24. The Balaban J connectivity index is 0. The third kappa shape index (κ3) is 33.4. The number of carbonyl (C=O) groups is 4. The molecule has 0 aliphatic rings. The number of halogens is 2. The van der Waals surface area contributed by atoms with Gasteiger partial charge in [0.1, 0.15) is 0 Å². The Labute approximate surface area is 301 Å². The number of pyridine rings is 2. The number of nitrogens with one attached hydrogen (secondary N) is 4. The van der Waals surface area contributed by atoms with E-state index in [2.05, 4.69) is 31.2 Å². The van der Waals surface area contributed by atoms with E-state index in [9.17, 15) is 28.0 Å². The minimum atomic E-state index is -0.877. The second kappa shape index (κ2) is 32.3. The van der Waals surface area contributed by atoms with Gasteiger partial charge in [-0.15, -0.1) is 0 Å². The van der Waals surface area contributed by atoms with Crippen molar-refractivity contribution in [2.24, 2.45) is 0 Å². The Bertz CT molecular complexity index is 1370. The fourth-order valence-corrected chi connectivity index (χ4v) is 5.15. The maximum Gasteiger partial charge on any atom is 0.373 e. The molecule has 0 aromatic carbocycles. The van der Waals surface area contributed by atoms with Gasteiger partial charge in [0.15, 0.2) is 0 Å². The number of carboxylic acids is 2. The van der Waals surface area contributed by atoms with E-state index in [4.69, 9.17) is 29.4 Å². The largest absolute Gasteiger partial charge is 0.481 e. The van der Waals surface area contributed by atoms with E-state index < -0.39 is 23.8 Å². The molecule has 2 heterocycles. The van der Waals surface area contributed by atoms with Crippen LogP contribution in [0.15, 0.2) is 36.7 Å². The zero-order chi connectivity index (χ0) is 38.9. The van der Waals surface area contributed by atoms with E-state index >= 15 is 0 Å². The monoisotopic (exact) mass is 758 g/mol. The normalized spacial score (nSPS) is 10.7. The predicted octanol–water partition coefficient (Wildman–Crippen LogP) is 3.24. The maximum absolute atomic E-state index is 12.9. The standard InChI is InChI=1S/C15H22FN3O3S.C14H20FN3O3S.2CO2/c1-11(3-4-14(20)21)19-15(22)18-6-2-8-23-10-12-5-7-17-13(16)9-12;1-10(2-3-13(19)20)18-14(21)17-6-7-22-9-11-4-5-16-12(15)8-11;2*2-1-3/h5,7,9,11H,2-4,6,8,10H2,1H3,(H,20,21)(H2,18,19,22);4-5,8,10H,2-3,6-7,9H2,1H3,(H,19,20)(H2,17,18,21);;/i16-1;15-1;;. The molecule has 2 aromatic rings. The van der Waals surface area contributed by atoms with Crippen LogP contribution in [-0.4, -0.2) is 93.2 Å². The molecule has 0 fully saturated rings. The molecule has 2 atom stereocenters. The molecule has 51 heavy (non-hydrogen) atoms. The van der Waals surface area contributed by atoms with Crippen LogP contribution in [0.5, 0.6) is 0 Å². The highest BCUT2D eigenvalue weighted by Crippen LogP contribution is 2.13. The van der Waals surface area contributed by atoms with Crippen LogP contribution in [0, 0.1) is 11.9 Å². The quantitative estimate of drug-likeness (QED) is 0.0889. The van der Waals surface area contributed by atoms with Crippen LogP contribution in [-0.2, 0) is 40.3 Å². The molecule has 0 bridgehead atoms. The number of carbonyl (C=O) groups excluding carboxylic acids is 6. The number of carboxylic acid groups (broad SMARTS) is 2. The number of thioether (sulfide) groups is 2. The van der Waals surface area contributed by atoms with Gasteiger partial charge in [-0.05, 0) is 74.3 Å². The molecular formula is C31H42F2N6O10S2. The van der Waals surface area contributed by atoms with Gasteiger partial charge in [0.25, 0.3) is 0 Å². The van der Waals surface area contributed by atoms with Crippen molar-refractivity contribution in [1.29, 1.82) is 0 Å². The van der Waals surface area contributed by atoms with Crippen LogP contribution in [0.3, 0.4) is 0 Å². The second-order valence-electron chi connectivity index (χ2n) is 10.1. The molecule has 0 spiro atoms. The van der Waals surface area contributed by atoms with Gasteiger partial charge >= 0.3 is 36.3 Å². The Hall–Kier alpha value is -4.90. The molecular weight excluding hydrogens is 717 g/mol. The van der Waals surface area contributed by atoms with Gasteiger partial charge < -0.3 is 31.5 Å². The molecule has 282 valence electrons. The topological polar surface area (TPSA) is 251 Å². The average Bonchev–Trinajstić information content (AvgIpc) is 3.05. The lowest BCUT2D eigenvalue weighted by Gasteiger charge is -2.13. The van der Waals surface area contributed by atoms with Crippen molar-refractivity contribution in [1.82, 2.24) is 31.2 Å². The number of rotatable bonds is 19. The molecule has 16 nitrogen and oxygen atoms in total. The first kappa shape index (κ1) is 48.2. The van der Waals surface area contributed by atoms with Crippen LogP contribution in [0.2, 0.25) is 0 Å². The third-order valence-corrected chi connectivity index (χ3v) is 7.88. The molecule has 0 aliphatic heterocycles. The van der Waals surface area contributed by atoms with Gasteiger partial charge in [0.2, 0.25) is 11.9 Å². The first-order valence-electron chi connectivity index (χ1n) is 15.1. The summed E-state index contributed by atoms with van der Waals surface area (Å²) in [5.41, 5.74) is 1.74. The summed E-state index contributed by atoms with van der Waals surface area (Å²) in [6.07, 6.45) is 5.03. The summed E-state index contributed by atoms with van der Waals surface area (Å²) in [4.78, 5) is 83.4. The smallest absolute Gasteiger partial charge is 0.373 e. The molecule has 4 amide bonds. The first-order chi connectivity index (χ1) is 24.3. The number of amides is 4. The summed E-state index contributed by atoms with van der Waals surface area (Å²) in [6.45, 7) is 4.55. The maximum atomic E-state index is 12.9. The number of nitrogens with zero attached hydrogens (tertiary/aromatic N) is 2. The third-order valence-electron chi connectivity index (χ3n) is 5.74. The minimum Gasteiger partial charge on any atom is -0.481 e. The lowest BCUT2D eigenvalue weighted by molar-refractivity contribution is -0.193. The van der Waals surface area contributed by atoms with Gasteiger partial charge in [-0.1, -0.05) is 0 Å². The fraction of sp³-hybridized carbons (Fsp3) is 0.484. The highest BCUT2D eigenvalue weighted by molar-refractivity contribution is 7.98. The summed E-state index contributed by atoms with van der Waals surface area (Å²) in [6, 6.07) is 5.36. The minimum absolute atomic E-state index is 0.0276. The molecule has 0 saturated heterocycles. The Kier molecular flexibility index (Phi) is 30.5. The number of urea groups is 2. The zero-order valence-corrected chi connectivity index (χ0v) is 29.7. The average molecular weight is 759 g/mol. The van der Waals surface area contributed by atoms with Gasteiger partial charge in [-0.3, -0.25) is 9.59 Å². The Morgan fingerprint density at radius 2 is 1.12 bits per heavy atom. The van der Waals surface area contributed by atoms with Crippen molar-refractivity contribution in [3.63, 3.8) is 0 Å². The van der Waals surface area contributed by atoms with Crippen molar-refractivity contribution in [3.05, 3.63) is 59.7 Å². The molecule has 2 aromatic heterocycles. The Morgan fingerprint density at radius 3 is 1.51 bits per heavy atom. The SMILES string of the molecule is CC(CCC(=O)O)NC(=O)NCCCSCc1ccnc([18F])c1.CC(CCC(=O)O)NC(=O)NCCSCc1ccnc([18F])c1.O=C=O.O=C=O. The molecule has 20 heteroatoms. The molecule has 2 rings (SSSR count). The molecule has 0 radical (unpaired) electrons.